The van der Waals surface area contributed by atoms with Gasteiger partial charge < -0.3 is 10.1 Å². The molecule has 2 N–H and O–H groups in total. The van der Waals surface area contributed by atoms with Crippen LogP contribution in [-0.4, -0.2) is 36.0 Å². The molecule has 98 valence electrons. The predicted molar refractivity (Wildman–Crippen MR) is 62.3 cm³/mol. The zero-order valence-electron chi connectivity index (χ0n) is 10.0. The molecular formula is C10H17NO5S. The zero-order chi connectivity index (χ0) is 13.3. The molecule has 1 aliphatic rings. The molecule has 0 saturated heterocycles. The first kappa shape index (κ1) is 14.0. The molecule has 0 bridgehead atoms. The van der Waals surface area contributed by atoms with Gasteiger partial charge in [-0.05, 0) is 27.2 Å². The standard InChI is InChI=1S/C10H17NO5S/c1-10(2,3)16-9(12)11-7-4-5-8(6-7)17(13,14)15/h4-5,7-8H,6H2,1-3H3,(H,11,12)(H,13,14,15)/t7-,8+/m1/s1. The van der Waals surface area contributed by atoms with Crippen molar-refractivity contribution in [1.82, 2.24) is 5.32 Å². The Kier molecular flexibility index (Phi) is 3.83. The van der Waals surface area contributed by atoms with Gasteiger partial charge in [0.2, 0.25) is 0 Å². The average molecular weight is 263 g/mol. The number of carbonyl (C=O) groups is 1. The fourth-order valence-electron chi connectivity index (χ4n) is 1.45. The number of carbonyl (C=O) groups excluding carboxylic acids is 1. The quantitative estimate of drug-likeness (QED) is 0.575. The molecule has 1 amide bonds. The van der Waals surface area contributed by atoms with Gasteiger partial charge in [0.15, 0.2) is 0 Å². The van der Waals surface area contributed by atoms with E-state index in [0.29, 0.717) is 0 Å². The summed E-state index contributed by atoms with van der Waals surface area (Å²) < 4.78 is 35.6. The predicted octanol–water partition coefficient (Wildman–Crippen LogP) is 1.10. The molecule has 0 unspecified atom stereocenters. The Morgan fingerprint density at radius 2 is 2.00 bits per heavy atom. The van der Waals surface area contributed by atoms with Crippen molar-refractivity contribution in [2.45, 2.75) is 44.1 Å². The van der Waals surface area contributed by atoms with Crippen LogP contribution >= 0.6 is 0 Å². The van der Waals surface area contributed by atoms with E-state index in [1.807, 2.05) is 0 Å². The highest BCUT2D eigenvalue weighted by molar-refractivity contribution is 7.86. The number of hydrogen-bond acceptors (Lipinski definition) is 4. The van der Waals surface area contributed by atoms with Crippen molar-refractivity contribution in [3.63, 3.8) is 0 Å². The first-order valence-electron chi connectivity index (χ1n) is 5.22. The Hall–Kier alpha value is -1.08. The second-order valence-corrected chi connectivity index (χ2v) is 6.56. The molecule has 1 rings (SSSR count). The summed E-state index contributed by atoms with van der Waals surface area (Å²) in [6, 6.07) is -0.434. The van der Waals surface area contributed by atoms with Crippen LogP contribution in [0.2, 0.25) is 0 Å². The van der Waals surface area contributed by atoms with Gasteiger partial charge in [0.05, 0.1) is 6.04 Å². The van der Waals surface area contributed by atoms with Crippen molar-refractivity contribution >= 4 is 16.2 Å². The monoisotopic (exact) mass is 263 g/mol. The molecule has 17 heavy (non-hydrogen) atoms. The van der Waals surface area contributed by atoms with Crippen LogP contribution in [0.25, 0.3) is 0 Å². The van der Waals surface area contributed by atoms with Crippen LogP contribution in [0, 0.1) is 0 Å². The number of alkyl carbamates (subject to hydrolysis) is 1. The molecule has 0 heterocycles. The van der Waals surface area contributed by atoms with Crippen LogP contribution in [0.4, 0.5) is 4.79 Å². The average Bonchev–Trinajstić information content (AvgIpc) is 2.47. The maximum absolute atomic E-state index is 11.4. The zero-order valence-corrected chi connectivity index (χ0v) is 10.8. The Bertz CT molecular complexity index is 420. The van der Waals surface area contributed by atoms with Gasteiger partial charge in [-0.3, -0.25) is 4.55 Å². The third-order valence-corrected chi connectivity index (χ3v) is 3.24. The molecule has 0 aromatic rings. The van der Waals surface area contributed by atoms with E-state index in [9.17, 15) is 13.2 Å². The molecule has 0 aromatic heterocycles. The van der Waals surface area contributed by atoms with E-state index in [1.165, 1.54) is 12.2 Å². The molecule has 2 atom stereocenters. The van der Waals surface area contributed by atoms with E-state index in [0.717, 1.165) is 0 Å². The van der Waals surface area contributed by atoms with Gasteiger partial charge in [-0.2, -0.15) is 8.42 Å². The van der Waals surface area contributed by atoms with Crippen LogP contribution in [0.5, 0.6) is 0 Å². The van der Waals surface area contributed by atoms with Crippen LogP contribution in [-0.2, 0) is 14.9 Å². The second-order valence-electron chi connectivity index (χ2n) is 4.93. The maximum atomic E-state index is 11.4. The normalized spacial score (nSPS) is 24.7. The third-order valence-electron chi connectivity index (χ3n) is 2.13. The van der Waals surface area contributed by atoms with Crippen LogP contribution in [0.3, 0.4) is 0 Å². The first-order valence-corrected chi connectivity index (χ1v) is 6.72. The Morgan fingerprint density at radius 3 is 2.41 bits per heavy atom. The van der Waals surface area contributed by atoms with E-state index in [1.54, 1.807) is 20.8 Å². The molecule has 1 aliphatic carbocycles. The van der Waals surface area contributed by atoms with Crippen LogP contribution < -0.4 is 5.32 Å². The van der Waals surface area contributed by atoms with Gasteiger partial charge in [0.1, 0.15) is 10.9 Å². The van der Waals surface area contributed by atoms with Crippen molar-refractivity contribution in [3.8, 4) is 0 Å². The summed E-state index contributed by atoms with van der Waals surface area (Å²) in [4.78, 5) is 11.4. The summed E-state index contributed by atoms with van der Waals surface area (Å²) in [6.45, 7) is 5.20. The number of rotatable bonds is 2. The molecule has 0 spiro atoms. The highest BCUT2D eigenvalue weighted by Crippen LogP contribution is 2.18. The smallest absolute Gasteiger partial charge is 0.408 e. The van der Waals surface area contributed by atoms with Gasteiger partial charge in [0.25, 0.3) is 10.1 Å². The fraction of sp³-hybridized carbons (Fsp3) is 0.700. The Balaban J connectivity index is 2.47. The minimum Gasteiger partial charge on any atom is -0.444 e. The van der Waals surface area contributed by atoms with Gasteiger partial charge in [0, 0.05) is 0 Å². The van der Waals surface area contributed by atoms with Crippen molar-refractivity contribution in [1.29, 1.82) is 0 Å². The lowest BCUT2D eigenvalue weighted by atomic mass is 10.2. The van der Waals surface area contributed by atoms with Gasteiger partial charge in [-0.15, -0.1) is 0 Å². The summed E-state index contributed by atoms with van der Waals surface area (Å²) >= 11 is 0. The van der Waals surface area contributed by atoms with Crippen molar-refractivity contribution in [3.05, 3.63) is 12.2 Å². The molecular weight excluding hydrogens is 246 g/mol. The SMILES string of the molecule is CC(C)(C)OC(=O)N[C@@H]1C=C[C@H](S(=O)(=O)O)C1. The highest BCUT2D eigenvalue weighted by Gasteiger charge is 2.30. The lowest BCUT2D eigenvalue weighted by molar-refractivity contribution is 0.0514. The van der Waals surface area contributed by atoms with Crippen molar-refractivity contribution < 1.29 is 22.5 Å². The maximum Gasteiger partial charge on any atom is 0.408 e. The number of ether oxygens (including phenoxy) is 1. The number of amides is 1. The lowest BCUT2D eigenvalue weighted by Crippen LogP contribution is -2.38. The van der Waals surface area contributed by atoms with Gasteiger partial charge >= 0.3 is 6.09 Å². The van der Waals surface area contributed by atoms with E-state index in [2.05, 4.69) is 5.32 Å². The first-order chi connectivity index (χ1) is 7.58. The summed E-state index contributed by atoms with van der Waals surface area (Å²) in [5, 5.41) is 1.56. The minimum atomic E-state index is -4.09. The molecule has 0 aliphatic heterocycles. The van der Waals surface area contributed by atoms with Crippen molar-refractivity contribution in [2.75, 3.05) is 0 Å². The van der Waals surface area contributed by atoms with Gasteiger partial charge in [-0.25, -0.2) is 4.79 Å². The summed E-state index contributed by atoms with van der Waals surface area (Å²) in [7, 11) is -4.09. The fourth-order valence-corrected chi connectivity index (χ4v) is 2.19. The summed E-state index contributed by atoms with van der Waals surface area (Å²) in [5.74, 6) is 0. The summed E-state index contributed by atoms with van der Waals surface area (Å²) in [6.07, 6.45) is 2.40. The number of hydrogen-bond donors (Lipinski definition) is 2. The lowest BCUT2D eigenvalue weighted by Gasteiger charge is -2.21. The molecule has 7 heteroatoms. The van der Waals surface area contributed by atoms with E-state index in [4.69, 9.17) is 9.29 Å². The molecule has 0 saturated carbocycles. The Morgan fingerprint density at radius 1 is 1.41 bits per heavy atom. The number of nitrogens with one attached hydrogen (secondary N) is 1. The molecule has 6 nitrogen and oxygen atoms in total. The van der Waals surface area contributed by atoms with Crippen molar-refractivity contribution in [2.24, 2.45) is 0 Å². The van der Waals surface area contributed by atoms with E-state index >= 15 is 0 Å². The molecule has 0 radical (unpaired) electrons. The molecule has 0 aromatic carbocycles. The minimum absolute atomic E-state index is 0.123. The molecule has 0 fully saturated rings. The Labute approximate surface area is 101 Å². The third kappa shape index (κ3) is 4.74. The van der Waals surface area contributed by atoms with Crippen LogP contribution in [0.15, 0.2) is 12.2 Å². The van der Waals surface area contributed by atoms with Gasteiger partial charge in [-0.1, -0.05) is 12.2 Å². The van der Waals surface area contributed by atoms with E-state index < -0.39 is 33.1 Å². The largest absolute Gasteiger partial charge is 0.444 e. The highest BCUT2D eigenvalue weighted by atomic mass is 32.2. The second kappa shape index (κ2) is 4.66. The van der Waals surface area contributed by atoms with Crippen LogP contribution in [0.1, 0.15) is 27.2 Å². The van der Waals surface area contributed by atoms with E-state index in [-0.39, 0.29) is 6.42 Å². The summed E-state index contributed by atoms with van der Waals surface area (Å²) in [5.41, 5.74) is -0.602. The topological polar surface area (TPSA) is 92.7 Å².